The highest BCUT2D eigenvalue weighted by Gasteiger charge is 2.37. The number of carbonyl (C=O) groups is 3. The zero-order valence-electron chi connectivity index (χ0n) is 16.2. The van der Waals surface area contributed by atoms with Gasteiger partial charge in [0.25, 0.3) is 5.91 Å². The van der Waals surface area contributed by atoms with E-state index in [-0.39, 0.29) is 18.9 Å². The Kier molecular flexibility index (Phi) is 6.49. The van der Waals surface area contributed by atoms with Gasteiger partial charge in [-0.1, -0.05) is 30.7 Å². The van der Waals surface area contributed by atoms with Gasteiger partial charge in [0.15, 0.2) is 6.10 Å². The summed E-state index contributed by atoms with van der Waals surface area (Å²) in [6, 6.07) is 10.8. The summed E-state index contributed by atoms with van der Waals surface area (Å²) in [5, 5.41) is 3.00. The number of nitrogens with zero attached hydrogens (tertiary/aromatic N) is 2. The molecule has 0 saturated carbocycles. The van der Waals surface area contributed by atoms with Crippen LogP contribution in [-0.2, 0) is 25.5 Å². The molecule has 0 aliphatic carbocycles. The first-order valence-corrected chi connectivity index (χ1v) is 9.77. The molecule has 0 unspecified atom stereocenters. The van der Waals surface area contributed by atoms with Crippen molar-refractivity contribution >= 4 is 40.9 Å². The Morgan fingerprint density at radius 3 is 2.62 bits per heavy atom. The van der Waals surface area contributed by atoms with Crippen molar-refractivity contribution in [2.45, 2.75) is 32.8 Å². The van der Waals surface area contributed by atoms with E-state index in [9.17, 15) is 14.4 Å². The molecular formula is C21H22ClN3O4. The van der Waals surface area contributed by atoms with Crippen molar-refractivity contribution in [3.63, 3.8) is 0 Å². The van der Waals surface area contributed by atoms with Crippen LogP contribution in [0.3, 0.4) is 0 Å². The third-order valence-electron chi connectivity index (χ3n) is 4.76. The monoisotopic (exact) mass is 415 g/mol. The molecular weight excluding hydrogens is 394 g/mol. The predicted octanol–water partition coefficient (Wildman–Crippen LogP) is 3.22. The van der Waals surface area contributed by atoms with Crippen molar-refractivity contribution in [2.24, 2.45) is 5.92 Å². The van der Waals surface area contributed by atoms with E-state index in [1.54, 1.807) is 17.0 Å². The first-order chi connectivity index (χ1) is 13.9. The fourth-order valence-electron chi connectivity index (χ4n) is 3.03. The SMILES string of the molecule is CCc1ccc(N2C[C@@H](C(=O)O[C@H](C)C(=O)Nc3ccc(Cl)cn3)CC2=O)cc1. The topological polar surface area (TPSA) is 88.6 Å². The van der Waals surface area contributed by atoms with Crippen molar-refractivity contribution in [3.05, 3.63) is 53.2 Å². The number of ether oxygens (including phenoxy) is 1. The number of aryl methyl sites for hydroxylation is 1. The molecule has 7 nitrogen and oxygen atoms in total. The van der Waals surface area contributed by atoms with Crippen molar-refractivity contribution in [3.8, 4) is 0 Å². The van der Waals surface area contributed by atoms with Gasteiger partial charge < -0.3 is 15.0 Å². The van der Waals surface area contributed by atoms with Crippen LogP contribution in [0.25, 0.3) is 0 Å². The Morgan fingerprint density at radius 1 is 1.28 bits per heavy atom. The molecule has 8 heteroatoms. The Hall–Kier alpha value is -2.93. The molecule has 2 atom stereocenters. The van der Waals surface area contributed by atoms with E-state index in [1.807, 2.05) is 24.3 Å². The van der Waals surface area contributed by atoms with E-state index in [4.69, 9.17) is 16.3 Å². The Bertz CT molecular complexity index is 899. The van der Waals surface area contributed by atoms with Gasteiger partial charge in [-0.25, -0.2) is 4.98 Å². The molecule has 1 aromatic carbocycles. The minimum atomic E-state index is -1.02. The van der Waals surface area contributed by atoms with Crippen LogP contribution in [-0.4, -0.2) is 35.4 Å². The van der Waals surface area contributed by atoms with E-state index in [0.29, 0.717) is 10.8 Å². The molecule has 2 heterocycles. The van der Waals surface area contributed by atoms with E-state index in [1.165, 1.54) is 18.7 Å². The van der Waals surface area contributed by atoms with Gasteiger partial charge in [-0.2, -0.15) is 0 Å². The minimum absolute atomic E-state index is 0.0570. The average molecular weight is 416 g/mol. The number of hydrogen-bond acceptors (Lipinski definition) is 5. The van der Waals surface area contributed by atoms with Crippen LogP contribution >= 0.6 is 11.6 Å². The van der Waals surface area contributed by atoms with Crippen LogP contribution in [0, 0.1) is 5.92 Å². The molecule has 0 bridgehead atoms. The summed E-state index contributed by atoms with van der Waals surface area (Å²) in [7, 11) is 0. The summed E-state index contributed by atoms with van der Waals surface area (Å²) in [5.74, 6) is -1.53. The quantitative estimate of drug-likeness (QED) is 0.732. The number of esters is 1. The fourth-order valence-corrected chi connectivity index (χ4v) is 3.14. The van der Waals surface area contributed by atoms with Gasteiger partial charge in [0.05, 0.1) is 10.9 Å². The number of nitrogens with one attached hydrogen (secondary N) is 1. The van der Waals surface area contributed by atoms with Crippen LogP contribution in [0.1, 0.15) is 25.8 Å². The normalized spacial score (nSPS) is 17.1. The summed E-state index contributed by atoms with van der Waals surface area (Å²) in [6.45, 7) is 3.76. The molecule has 3 rings (SSSR count). The summed E-state index contributed by atoms with van der Waals surface area (Å²) in [4.78, 5) is 42.6. The van der Waals surface area contributed by atoms with Crippen LogP contribution in [0.15, 0.2) is 42.6 Å². The second kappa shape index (κ2) is 9.05. The number of amides is 2. The second-order valence-electron chi connectivity index (χ2n) is 6.86. The van der Waals surface area contributed by atoms with Gasteiger partial charge in [0.2, 0.25) is 5.91 Å². The van der Waals surface area contributed by atoms with Crippen molar-refractivity contribution in [1.82, 2.24) is 4.98 Å². The largest absolute Gasteiger partial charge is 0.452 e. The van der Waals surface area contributed by atoms with Crippen LogP contribution in [0.2, 0.25) is 5.02 Å². The zero-order valence-corrected chi connectivity index (χ0v) is 17.0. The molecule has 1 fully saturated rings. The summed E-state index contributed by atoms with van der Waals surface area (Å²) in [5.41, 5.74) is 1.92. The third kappa shape index (κ3) is 5.12. The van der Waals surface area contributed by atoms with Crippen molar-refractivity contribution in [1.29, 1.82) is 0 Å². The van der Waals surface area contributed by atoms with Gasteiger partial charge in [-0.15, -0.1) is 0 Å². The highest BCUT2D eigenvalue weighted by atomic mass is 35.5. The van der Waals surface area contributed by atoms with Crippen LogP contribution < -0.4 is 10.2 Å². The van der Waals surface area contributed by atoms with Gasteiger partial charge in [-0.05, 0) is 43.2 Å². The predicted molar refractivity (Wildman–Crippen MR) is 110 cm³/mol. The van der Waals surface area contributed by atoms with E-state index >= 15 is 0 Å². The number of benzene rings is 1. The van der Waals surface area contributed by atoms with Gasteiger partial charge in [0, 0.05) is 24.8 Å². The highest BCUT2D eigenvalue weighted by molar-refractivity contribution is 6.30. The van der Waals surface area contributed by atoms with Crippen LogP contribution in [0.5, 0.6) is 0 Å². The Labute approximate surface area is 174 Å². The molecule has 152 valence electrons. The zero-order chi connectivity index (χ0) is 21.0. The first kappa shape index (κ1) is 20.8. The molecule has 1 N–H and O–H groups in total. The molecule has 1 aliphatic rings. The second-order valence-corrected chi connectivity index (χ2v) is 7.29. The molecule has 2 aromatic rings. The Balaban J connectivity index is 1.56. The lowest BCUT2D eigenvalue weighted by Gasteiger charge is -2.18. The molecule has 2 amide bonds. The molecule has 0 spiro atoms. The summed E-state index contributed by atoms with van der Waals surface area (Å²) < 4.78 is 5.28. The van der Waals surface area contributed by atoms with E-state index in [2.05, 4.69) is 17.2 Å². The number of rotatable bonds is 6. The molecule has 29 heavy (non-hydrogen) atoms. The number of carbonyl (C=O) groups excluding carboxylic acids is 3. The van der Waals surface area contributed by atoms with Crippen molar-refractivity contribution in [2.75, 3.05) is 16.8 Å². The van der Waals surface area contributed by atoms with E-state index < -0.39 is 23.9 Å². The number of hydrogen-bond donors (Lipinski definition) is 1. The smallest absolute Gasteiger partial charge is 0.312 e. The van der Waals surface area contributed by atoms with Gasteiger partial charge >= 0.3 is 5.97 Å². The maximum atomic E-state index is 12.5. The van der Waals surface area contributed by atoms with Gasteiger partial charge in [-0.3, -0.25) is 14.4 Å². The number of anilines is 2. The lowest BCUT2D eigenvalue weighted by molar-refractivity contribution is -0.157. The molecule has 0 radical (unpaired) electrons. The lowest BCUT2D eigenvalue weighted by Crippen LogP contribution is -2.33. The third-order valence-corrected chi connectivity index (χ3v) is 4.98. The average Bonchev–Trinajstić information content (AvgIpc) is 3.11. The lowest BCUT2D eigenvalue weighted by atomic mass is 10.1. The van der Waals surface area contributed by atoms with E-state index in [0.717, 1.165) is 12.1 Å². The summed E-state index contributed by atoms with van der Waals surface area (Å²) in [6.07, 6.45) is 1.35. The number of halogens is 1. The maximum absolute atomic E-state index is 12.5. The summed E-state index contributed by atoms with van der Waals surface area (Å²) >= 11 is 5.76. The number of pyridine rings is 1. The first-order valence-electron chi connectivity index (χ1n) is 9.39. The molecule has 1 aliphatic heterocycles. The number of aromatic nitrogens is 1. The van der Waals surface area contributed by atoms with Gasteiger partial charge in [0.1, 0.15) is 5.82 Å². The highest BCUT2D eigenvalue weighted by Crippen LogP contribution is 2.26. The maximum Gasteiger partial charge on any atom is 0.312 e. The fraction of sp³-hybridized carbons (Fsp3) is 0.333. The van der Waals surface area contributed by atoms with Crippen LogP contribution in [0.4, 0.5) is 11.5 Å². The molecule has 1 saturated heterocycles. The van der Waals surface area contributed by atoms with Crippen molar-refractivity contribution < 1.29 is 19.1 Å². The minimum Gasteiger partial charge on any atom is -0.452 e. The Morgan fingerprint density at radius 2 is 2.00 bits per heavy atom. The molecule has 1 aromatic heterocycles. The standard InChI is InChI=1S/C21H22ClN3O4/c1-3-14-4-7-17(8-5-14)25-12-15(10-19(25)26)21(28)29-13(2)20(27)24-18-9-6-16(22)11-23-18/h4-9,11,13,15H,3,10,12H2,1-2H3,(H,23,24,27)/t13-,15+/m1/s1.